The molecule has 0 amide bonds. The van der Waals surface area contributed by atoms with Crippen LogP contribution in [-0.4, -0.2) is 22.9 Å². The first kappa shape index (κ1) is 14.5. The van der Waals surface area contributed by atoms with Gasteiger partial charge in [0, 0.05) is 13.1 Å². The summed E-state index contributed by atoms with van der Waals surface area (Å²) in [6.45, 7) is 1.53. The summed E-state index contributed by atoms with van der Waals surface area (Å²) >= 11 is 0. The predicted molar refractivity (Wildman–Crippen MR) is 76.7 cm³/mol. The van der Waals surface area contributed by atoms with Gasteiger partial charge in [-0.15, -0.1) is 0 Å². The van der Waals surface area contributed by atoms with Crippen LogP contribution in [0.4, 0.5) is 0 Å². The molecular formula is C16H25NO2. The highest BCUT2D eigenvalue weighted by atomic mass is 16.3. The number of hydrogen-bond donors (Lipinski definition) is 3. The lowest BCUT2D eigenvalue weighted by Gasteiger charge is -2.16. The standard InChI is InChI=1S/C16H25NO2/c18-12-15-7-5-14(6-8-15)10-17-11-16(19)9-13-3-1-2-4-13/h5-8,13,16-19H,1-4,9-12H2. The van der Waals surface area contributed by atoms with E-state index in [1.54, 1.807) is 0 Å². The zero-order chi connectivity index (χ0) is 13.5. The Hall–Kier alpha value is -0.900. The Bertz CT molecular complexity index is 358. The lowest BCUT2D eigenvalue weighted by molar-refractivity contribution is 0.140. The van der Waals surface area contributed by atoms with Crippen LogP contribution in [0.1, 0.15) is 43.2 Å². The van der Waals surface area contributed by atoms with Gasteiger partial charge >= 0.3 is 0 Å². The summed E-state index contributed by atoms with van der Waals surface area (Å²) in [6, 6.07) is 7.90. The van der Waals surface area contributed by atoms with Crippen molar-refractivity contribution in [2.75, 3.05) is 6.54 Å². The Kier molecular flexibility index (Phi) is 5.83. The fraction of sp³-hybridized carbons (Fsp3) is 0.625. The molecule has 2 rings (SSSR count). The SMILES string of the molecule is OCc1ccc(CNCC(O)CC2CCCC2)cc1. The highest BCUT2D eigenvalue weighted by molar-refractivity contribution is 5.21. The molecule has 3 heteroatoms. The lowest BCUT2D eigenvalue weighted by atomic mass is 10.00. The van der Waals surface area contributed by atoms with Crippen LogP contribution < -0.4 is 5.32 Å². The summed E-state index contributed by atoms with van der Waals surface area (Å²) < 4.78 is 0. The Morgan fingerprint density at radius 2 is 1.74 bits per heavy atom. The maximum absolute atomic E-state index is 9.97. The summed E-state index contributed by atoms with van der Waals surface area (Å²) in [6.07, 6.45) is 5.97. The van der Waals surface area contributed by atoms with E-state index < -0.39 is 0 Å². The van der Waals surface area contributed by atoms with Crippen molar-refractivity contribution in [1.29, 1.82) is 0 Å². The topological polar surface area (TPSA) is 52.5 Å². The minimum Gasteiger partial charge on any atom is -0.392 e. The molecule has 0 heterocycles. The quantitative estimate of drug-likeness (QED) is 0.707. The Balaban J connectivity index is 1.64. The molecule has 0 radical (unpaired) electrons. The molecule has 0 aliphatic heterocycles. The summed E-state index contributed by atoms with van der Waals surface area (Å²) in [5.74, 6) is 0.737. The van der Waals surface area contributed by atoms with Crippen molar-refractivity contribution in [3.8, 4) is 0 Å². The van der Waals surface area contributed by atoms with Crippen molar-refractivity contribution in [2.45, 2.75) is 51.4 Å². The van der Waals surface area contributed by atoms with E-state index in [9.17, 15) is 5.11 Å². The van der Waals surface area contributed by atoms with Crippen LogP contribution in [0.2, 0.25) is 0 Å². The molecule has 1 atom stereocenters. The molecule has 19 heavy (non-hydrogen) atoms. The van der Waals surface area contributed by atoms with Gasteiger partial charge in [-0.3, -0.25) is 0 Å². The summed E-state index contributed by atoms with van der Waals surface area (Å²) in [7, 11) is 0. The van der Waals surface area contributed by atoms with Crippen LogP contribution in [0.3, 0.4) is 0 Å². The molecule has 106 valence electrons. The van der Waals surface area contributed by atoms with E-state index in [-0.39, 0.29) is 12.7 Å². The van der Waals surface area contributed by atoms with E-state index in [1.807, 2.05) is 24.3 Å². The normalized spacial score (nSPS) is 17.8. The number of aliphatic hydroxyl groups is 2. The molecule has 1 aliphatic carbocycles. The van der Waals surface area contributed by atoms with Gasteiger partial charge < -0.3 is 15.5 Å². The first-order valence-corrected chi connectivity index (χ1v) is 7.35. The van der Waals surface area contributed by atoms with Crippen LogP contribution in [0.25, 0.3) is 0 Å². The summed E-state index contributed by atoms with van der Waals surface area (Å²) in [5, 5.41) is 22.2. The first-order valence-electron chi connectivity index (χ1n) is 7.35. The maximum atomic E-state index is 9.97. The van der Waals surface area contributed by atoms with E-state index in [0.29, 0.717) is 6.54 Å². The minimum atomic E-state index is -0.222. The number of aliphatic hydroxyl groups excluding tert-OH is 2. The molecule has 0 bridgehead atoms. The van der Waals surface area contributed by atoms with Crippen molar-refractivity contribution in [2.24, 2.45) is 5.92 Å². The monoisotopic (exact) mass is 263 g/mol. The molecule has 1 saturated carbocycles. The van der Waals surface area contributed by atoms with Crippen molar-refractivity contribution in [1.82, 2.24) is 5.32 Å². The van der Waals surface area contributed by atoms with Crippen LogP contribution in [0.5, 0.6) is 0 Å². The van der Waals surface area contributed by atoms with Gasteiger partial charge in [0.15, 0.2) is 0 Å². The van der Waals surface area contributed by atoms with E-state index >= 15 is 0 Å². The molecule has 1 unspecified atom stereocenters. The molecule has 0 spiro atoms. The van der Waals surface area contributed by atoms with Gasteiger partial charge in [0.1, 0.15) is 0 Å². The van der Waals surface area contributed by atoms with Crippen molar-refractivity contribution in [3.63, 3.8) is 0 Å². The smallest absolute Gasteiger partial charge is 0.0681 e. The molecule has 3 N–H and O–H groups in total. The number of nitrogens with one attached hydrogen (secondary N) is 1. The van der Waals surface area contributed by atoms with Crippen LogP contribution >= 0.6 is 0 Å². The molecular weight excluding hydrogens is 238 g/mol. The van der Waals surface area contributed by atoms with Crippen LogP contribution in [0, 0.1) is 5.92 Å². The molecule has 0 aromatic heterocycles. The van der Waals surface area contributed by atoms with Crippen LogP contribution in [-0.2, 0) is 13.2 Å². The highest BCUT2D eigenvalue weighted by Crippen LogP contribution is 2.28. The maximum Gasteiger partial charge on any atom is 0.0681 e. The summed E-state index contributed by atoms with van der Waals surface area (Å²) in [5.41, 5.74) is 2.12. The van der Waals surface area contributed by atoms with Gasteiger partial charge in [-0.05, 0) is 23.5 Å². The number of benzene rings is 1. The molecule has 3 nitrogen and oxygen atoms in total. The van der Waals surface area contributed by atoms with Gasteiger partial charge in [0.25, 0.3) is 0 Å². The van der Waals surface area contributed by atoms with Gasteiger partial charge in [-0.25, -0.2) is 0 Å². The lowest BCUT2D eigenvalue weighted by Crippen LogP contribution is -2.27. The van der Waals surface area contributed by atoms with E-state index in [0.717, 1.165) is 24.4 Å². The second kappa shape index (κ2) is 7.63. The Morgan fingerprint density at radius 1 is 1.11 bits per heavy atom. The van der Waals surface area contributed by atoms with Crippen molar-refractivity contribution >= 4 is 0 Å². The minimum absolute atomic E-state index is 0.0911. The van der Waals surface area contributed by atoms with Gasteiger partial charge in [0.2, 0.25) is 0 Å². The number of hydrogen-bond acceptors (Lipinski definition) is 3. The van der Waals surface area contributed by atoms with Gasteiger partial charge in [-0.2, -0.15) is 0 Å². The third kappa shape index (κ3) is 4.94. The second-order valence-corrected chi connectivity index (χ2v) is 5.65. The summed E-state index contributed by atoms with van der Waals surface area (Å²) in [4.78, 5) is 0. The Labute approximate surface area is 115 Å². The van der Waals surface area contributed by atoms with E-state index in [1.165, 1.54) is 31.2 Å². The van der Waals surface area contributed by atoms with Crippen molar-refractivity contribution in [3.05, 3.63) is 35.4 Å². The largest absolute Gasteiger partial charge is 0.392 e. The molecule has 1 aliphatic rings. The third-order valence-corrected chi connectivity index (χ3v) is 3.99. The zero-order valence-electron chi connectivity index (χ0n) is 11.5. The van der Waals surface area contributed by atoms with Crippen LogP contribution in [0.15, 0.2) is 24.3 Å². The Morgan fingerprint density at radius 3 is 2.37 bits per heavy atom. The number of rotatable bonds is 7. The zero-order valence-corrected chi connectivity index (χ0v) is 11.5. The molecule has 1 aromatic carbocycles. The third-order valence-electron chi connectivity index (χ3n) is 3.99. The van der Waals surface area contributed by atoms with E-state index in [2.05, 4.69) is 5.32 Å². The average molecular weight is 263 g/mol. The molecule has 1 fully saturated rings. The molecule has 1 aromatic rings. The molecule has 0 saturated heterocycles. The predicted octanol–water partition coefficient (Wildman–Crippen LogP) is 2.21. The van der Waals surface area contributed by atoms with E-state index in [4.69, 9.17) is 5.11 Å². The fourth-order valence-electron chi connectivity index (χ4n) is 2.86. The second-order valence-electron chi connectivity index (χ2n) is 5.65. The fourth-order valence-corrected chi connectivity index (χ4v) is 2.86. The van der Waals surface area contributed by atoms with Gasteiger partial charge in [0.05, 0.1) is 12.7 Å². The van der Waals surface area contributed by atoms with Crippen molar-refractivity contribution < 1.29 is 10.2 Å². The van der Waals surface area contributed by atoms with Gasteiger partial charge in [-0.1, -0.05) is 49.9 Å². The highest BCUT2D eigenvalue weighted by Gasteiger charge is 2.18. The first-order chi connectivity index (χ1) is 9.28. The average Bonchev–Trinajstić information content (AvgIpc) is 2.92.